The van der Waals surface area contributed by atoms with Crippen LogP contribution in [0.5, 0.6) is 5.75 Å². The van der Waals surface area contributed by atoms with E-state index in [4.69, 9.17) is 26.8 Å². The highest BCUT2D eigenvalue weighted by atomic mass is 35.5. The number of hydrogen-bond donors (Lipinski definition) is 7. The Kier molecular flexibility index (Phi) is 21.6. The van der Waals surface area contributed by atoms with Gasteiger partial charge in [-0.3, -0.25) is 33.6 Å². The molecule has 7 amide bonds. The zero-order valence-electron chi connectivity index (χ0n) is 40.1. The molecule has 0 saturated carbocycles. The minimum Gasteiger partial charge on any atom is -0.495 e. The van der Waals surface area contributed by atoms with E-state index in [2.05, 4.69) is 26.6 Å². The Morgan fingerprint density at radius 3 is 2.23 bits per heavy atom. The maximum absolute atomic E-state index is 14.9. The summed E-state index contributed by atoms with van der Waals surface area (Å²) in [7, 11) is 2.84. The van der Waals surface area contributed by atoms with Crippen LogP contribution in [-0.4, -0.2) is 138 Å². The molecule has 3 rings (SSSR count). The topological polar surface area (TPSA) is 268 Å². The minimum atomic E-state index is -1.64. The fraction of sp³-hybridized carbons (Fsp3) is 0.696. The van der Waals surface area contributed by atoms with Gasteiger partial charge in [-0.05, 0) is 87.4 Å². The number of ether oxygens (including phenoxy) is 2. The van der Waals surface area contributed by atoms with Gasteiger partial charge >= 0.3 is 5.97 Å². The first-order valence-electron chi connectivity index (χ1n) is 23.1. The number of nitrogens with zero attached hydrogens (tertiary/aromatic N) is 2. The van der Waals surface area contributed by atoms with Crippen LogP contribution in [0.4, 0.5) is 0 Å². The maximum atomic E-state index is 14.9. The number of benzene rings is 1. The van der Waals surface area contributed by atoms with Gasteiger partial charge in [-0.25, -0.2) is 4.79 Å². The smallest absolute Gasteiger partial charge is 0.329 e. The lowest BCUT2D eigenvalue weighted by Crippen LogP contribution is -2.66. The number of nitrogens with two attached hydrogens (primary N) is 1. The number of unbranched alkanes of at least 4 members (excludes halogenated alkanes) is 1. The van der Waals surface area contributed by atoms with Crippen LogP contribution in [0.3, 0.4) is 0 Å². The lowest BCUT2D eigenvalue weighted by Gasteiger charge is -2.44. The number of fused-ring (bicyclic) bond motifs is 2. The predicted octanol–water partition coefficient (Wildman–Crippen LogP) is 1.68. The average molecular weight is 950 g/mol. The molecule has 2 saturated heterocycles. The summed E-state index contributed by atoms with van der Waals surface area (Å²) in [4.78, 5) is 116. The molecule has 2 aliphatic rings. The van der Waals surface area contributed by atoms with E-state index < -0.39 is 114 Å². The van der Waals surface area contributed by atoms with Gasteiger partial charge in [0.2, 0.25) is 41.4 Å². The third kappa shape index (κ3) is 14.5. The molecule has 2 bridgehead atoms. The van der Waals surface area contributed by atoms with E-state index in [1.165, 1.54) is 26.0 Å². The van der Waals surface area contributed by atoms with Gasteiger partial charge in [0.05, 0.1) is 12.1 Å². The average Bonchev–Trinajstić information content (AvgIpc) is 3.26. The van der Waals surface area contributed by atoms with Gasteiger partial charge in [-0.2, -0.15) is 0 Å². The van der Waals surface area contributed by atoms with Crippen LogP contribution in [0.25, 0.3) is 0 Å². The first-order valence-corrected chi connectivity index (χ1v) is 23.5. The Morgan fingerprint density at radius 1 is 0.970 bits per heavy atom. The molecule has 1 aromatic rings. The number of aliphatic hydroxyl groups excluding tert-OH is 1. The lowest BCUT2D eigenvalue weighted by atomic mass is 9.91. The number of cyclic esters (lactones) is 1. The van der Waals surface area contributed by atoms with Crippen LogP contribution >= 0.6 is 11.6 Å². The second-order valence-corrected chi connectivity index (χ2v) is 18.5. The molecule has 0 spiro atoms. The minimum absolute atomic E-state index is 0.00514. The zero-order chi connectivity index (χ0) is 49.6. The van der Waals surface area contributed by atoms with Crippen LogP contribution in [0.1, 0.15) is 112 Å². The molecule has 0 aromatic heterocycles. The van der Waals surface area contributed by atoms with Crippen molar-refractivity contribution in [3.63, 3.8) is 0 Å². The van der Waals surface area contributed by atoms with Gasteiger partial charge in [-0.15, -0.1) is 0 Å². The van der Waals surface area contributed by atoms with Crippen molar-refractivity contribution in [1.82, 2.24) is 36.4 Å². The van der Waals surface area contributed by atoms with Gasteiger partial charge in [0.25, 0.3) is 0 Å². The number of esters is 1. The molecule has 0 aliphatic carbocycles. The molecule has 10 unspecified atom stereocenters. The quantitative estimate of drug-likeness (QED) is 0.0923. The number of amides is 7. The fourth-order valence-corrected chi connectivity index (χ4v) is 8.34. The van der Waals surface area contributed by atoms with E-state index in [0.29, 0.717) is 37.0 Å². The van der Waals surface area contributed by atoms with E-state index in [1.807, 2.05) is 13.8 Å². The number of hydrogen-bond acceptors (Lipinski definition) is 12. The van der Waals surface area contributed by atoms with E-state index in [1.54, 1.807) is 52.8 Å². The summed E-state index contributed by atoms with van der Waals surface area (Å²) in [6, 6.07) is -4.43. The molecular weight excluding hydrogens is 876 g/mol. The van der Waals surface area contributed by atoms with Crippen molar-refractivity contribution in [3.8, 4) is 5.75 Å². The van der Waals surface area contributed by atoms with E-state index in [9.17, 15) is 43.5 Å². The van der Waals surface area contributed by atoms with Crippen molar-refractivity contribution in [1.29, 1.82) is 0 Å². The first kappa shape index (κ1) is 55.3. The number of aliphatic hydroxyl groups is 1. The standard InChI is InChI=1S/C46H73ClN8O11/c1-11-15-34(56)51-36(24(3)4)42(60)53-38-27(8)66-46(64)37(25(5)6)52-41(59)32(23-28-17-19-33(65-10)29(47)22-28)54(9)45(63)39(26(7)12-2)55-35(57)20-18-31(44(55)62)50-40(58)30(49-43(38)61)16-13-14-21-48/h17,19,22,24-27,30-32,35-39,57H,11-16,18,20-21,23,48H2,1-10H3,(H,49,61)(H,50,58)(H,51,56)(H,52,59)(H,53,60). The molecular formula is C46H73ClN8O11. The normalized spacial score (nSPS) is 26.0. The molecule has 66 heavy (non-hydrogen) atoms. The third-order valence-electron chi connectivity index (χ3n) is 12.3. The second-order valence-electron chi connectivity index (χ2n) is 18.1. The molecule has 19 nitrogen and oxygen atoms in total. The molecule has 2 aliphatic heterocycles. The summed E-state index contributed by atoms with van der Waals surface area (Å²) >= 11 is 6.49. The number of methoxy groups -OCH3 is 1. The van der Waals surface area contributed by atoms with Crippen LogP contribution in [0.2, 0.25) is 5.02 Å². The van der Waals surface area contributed by atoms with Crippen LogP contribution in [0, 0.1) is 17.8 Å². The first-order chi connectivity index (χ1) is 31.1. The highest BCUT2D eigenvalue weighted by Crippen LogP contribution is 2.29. The molecule has 8 N–H and O–H groups in total. The molecule has 1 aromatic carbocycles. The van der Waals surface area contributed by atoms with Crippen molar-refractivity contribution in [2.24, 2.45) is 23.5 Å². The molecule has 10 atom stereocenters. The van der Waals surface area contributed by atoms with Gasteiger partial charge < -0.3 is 56.7 Å². The number of carbonyl (C=O) groups excluding carboxylic acids is 8. The van der Waals surface area contributed by atoms with Crippen LogP contribution < -0.4 is 37.1 Å². The number of carbonyl (C=O) groups is 8. The van der Waals surface area contributed by atoms with Crippen molar-refractivity contribution in [3.05, 3.63) is 28.8 Å². The summed E-state index contributed by atoms with van der Waals surface area (Å²) in [5.74, 6) is -7.26. The van der Waals surface area contributed by atoms with Crippen LogP contribution in [0.15, 0.2) is 18.2 Å². The Balaban J connectivity index is 2.26. The summed E-state index contributed by atoms with van der Waals surface area (Å²) in [6.07, 6.45) is -1.07. The molecule has 2 fully saturated rings. The Labute approximate surface area is 393 Å². The third-order valence-corrected chi connectivity index (χ3v) is 12.6. The van der Waals surface area contributed by atoms with Crippen LogP contribution in [-0.2, 0) is 49.5 Å². The van der Waals surface area contributed by atoms with Gasteiger partial charge in [0, 0.05) is 19.9 Å². The Morgan fingerprint density at radius 2 is 1.65 bits per heavy atom. The summed E-state index contributed by atoms with van der Waals surface area (Å²) in [5.41, 5.74) is 6.29. The number of likely N-dealkylation sites (N-methyl/N-ethyl adjacent to an activating group) is 1. The van der Waals surface area contributed by atoms with Gasteiger partial charge in [-0.1, -0.05) is 72.6 Å². The van der Waals surface area contributed by atoms with Crippen molar-refractivity contribution in [2.75, 3.05) is 20.7 Å². The second kappa shape index (κ2) is 25.8. The maximum Gasteiger partial charge on any atom is 0.329 e. The summed E-state index contributed by atoms with van der Waals surface area (Å²) in [5, 5.41) is 25.2. The lowest BCUT2D eigenvalue weighted by molar-refractivity contribution is -0.168. The zero-order valence-corrected chi connectivity index (χ0v) is 40.9. The number of rotatable bonds is 16. The number of nitrogens with one attached hydrogen (secondary N) is 5. The van der Waals surface area contributed by atoms with Crippen molar-refractivity contribution < 1.29 is 52.9 Å². The predicted molar refractivity (Wildman–Crippen MR) is 246 cm³/mol. The van der Waals surface area contributed by atoms with Crippen molar-refractivity contribution in [2.45, 2.75) is 168 Å². The largest absolute Gasteiger partial charge is 0.495 e. The highest BCUT2D eigenvalue weighted by Gasteiger charge is 2.47. The molecule has 0 radical (unpaired) electrons. The monoisotopic (exact) mass is 949 g/mol. The highest BCUT2D eigenvalue weighted by molar-refractivity contribution is 6.32. The van der Waals surface area contributed by atoms with E-state index in [-0.39, 0.29) is 49.6 Å². The number of piperidine rings is 1. The van der Waals surface area contributed by atoms with E-state index >= 15 is 0 Å². The van der Waals surface area contributed by atoms with E-state index in [0.717, 1.165) is 4.90 Å². The Hall–Kier alpha value is -5.01. The summed E-state index contributed by atoms with van der Waals surface area (Å²) in [6.45, 7) is 13.7. The Bertz CT molecular complexity index is 1880. The van der Waals surface area contributed by atoms with Crippen molar-refractivity contribution >= 4 is 58.9 Å². The fourth-order valence-electron chi connectivity index (χ4n) is 8.06. The molecule has 370 valence electrons. The SMILES string of the molecule is CCCC(=O)NC(C(=O)NC1C(=O)NC(CCCCN)C(=O)NC2CCC(O)N(C2=O)C(C(C)CC)C(=O)N(C)C(Cc2ccc(OC)c(Cl)c2)C(=O)NC(C(C)C)C(=O)OC1C)C(C)C. The summed E-state index contributed by atoms with van der Waals surface area (Å²) < 4.78 is 11.2. The van der Waals surface area contributed by atoms with Gasteiger partial charge in [0.1, 0.15) is 60.4 Å². The number of halogens is 1. The molecule has 20 heteroatoms. The molecule has 2 heterocycles. The van der Waals surface area contributed by atoms with Gasteiger partial charge in [0.15, 0.2) is 0 Å².